The third-order valence-corrected chi connectivity index (χ3v) is 3.95. The third-order valence-electron chi connectivity index (χ3n) is 3.65. The number of rotatable bonds is 3. The lowest BCUT2D eigenvalue weighted by Gasteiger charge is -2.17. The van der Waals surface area contributed by atoms with Gasteiger partial charge in [0, 0.05) is 18.9 Å². The number of carbonyl (C=O) groups is 1. The van der Waals surface area contributed by atoms with Crippen LogP contribution in [0.15, 0.2) is 22.7 Å². The molecule has 1 aromatic heterocycles. The van der Waals surface area contributed by atoms with E-state index >= 15 is 0 Å². The molecular weight excluding hydrogens is 309 g/mol. The van der Waals surface area contributed by atoms with Crippen molar-refractivity contribution in [3.05, 3.63) is 40.8 Å². The molecule has 0 aliphatic carbocycles. The Balaban J connectivity index is 1.83. The first-order valence-corrected chi connectivity index (χ1v) is 7.42. The Kier molecular flexibility index (Phi) is 3.87. The summed E-state index contributed by atoms with van der Waals surface area (Å²) in [5.41, 5.74) is 0.499. The molecule has 0 spiro atoms. The second kappa shape index (κ2) is 5.68. The van der Waals surface area contributed by atoms with Gasteiger partial charge in [0.1, 0.15) is 5.82 Å². The minimum absolute atomic E-state index is 0.0946. The number of carbonyl (C=O) groups excluding carboxylic acids is 1. The van der Waals surface area contributed by atoms with Crippen molar-refractivity contribution >= 4 is 23.2 Å². The molecule has 22 heavy (non-hydrogen) atoms. The van der Waals surface area contributed by atoms with E-state index in [-0.39, 0.29) is 29.2 Å². The highest BCUT2D eigenvalue weighted by Gasteiger charge is 2.36. The topological polar surface area (TPSA) is 59.2 Å². The Labute approximate surface area is 132 Å². The lowest BCUT2D eigenvalue weighted by Crippen LogP contribution is -2.24. The van der Waals surface area contributed by atoms with Crippen LogP contribution in [0.5, 0.6) is 0 Å². The second-order valence-electron chi connectivity index (χ2n) is 5.65. The molecule has 1 fully saturated rings. The summed E-state index contributed by atoms with van der Waals surface area (Å²) >= 11 is 6.03. The van der Waals surface area contributed by atoms with Crippen LogP contribution < -0.4 is 4.90 Å². The number of nitrogens with zero attached hydrogens (tertiary/aromatic N) is 3. The van der Waals surface area contributed by atoms with Crippen LogP contribution in [0.3, 0.4) is 0 Å². The van der Waals surface area contributed by atoms with Gasteiger partial charge in [-0.15, -0.1) is 0 Å². The molecule has 116 valence electrons. The summed E-state index contributed by atoms with van der Waals surface area (Å²) in [6.45, 7) is 4.34. The first-order valence-electron chi connectivity index (χ1n) is 7.04. The normalized spacial score (nSPS) is 18.5. The number of benzene rings is 1. The molecule has 1 unspecified atom stereocenters. The fourth-order valence-electron chi connectivity index (χ4n) is 2.45. The van der Waals surface area contributed by atoms with Crippen LogP contribution in [0.1, 0.15) is 43.8 Å². The van der Waals surface area contributed by atoms with Crippen molar-refractivity contribution in [2.24, 2.45) is 0 Å². The Morgan fingerprint density at radius 1 is 1.45 bits per heavy atom. The maximum atomic E-state index is 13.1. The van der Waals surface area contributed by atoms with Crippen molar-refractivity contribution in [2.45, 2.75) is 32.1 Å². The minimum Gasteiger partial charge on any atom is -0.339 e. The van der Waals surface area contributed by atoms with Crippen molar-refractivity contribution in [3.8, 4) is 0 Å². The van der Waals surface area contributed by atoms with Crippen LogP contribution in [-0.4, -0.2) is 22.6 Å². The first kappa shape index (κ1) is 15.0. The second-order valence-corrected chi connectivity index (χ2v) is 6.05. The molecule has 1 saturated heterocycles. The maximum Gasteiger partial charge on any atom is 0.232 e. The standard InChI is InChI=1S/C15H15ClFN3O2/c1-8(2)14-18-15(22-19-14)9-5-13(21)20(7-9)12-4-3-10(17)6-11(12)16/h3-4,6,8-9H,5,7H2,1-2H3. The highest BCUT2D eigenvalue weighted by molar-refractivity contribution is 6.33. The van der Waals surface area contributed by atoms with Gasteiger partial charge in [0.25, 0.3) is 0 Å². The smallest absolute Gasteiger partial charge is 0.232 e. The van der Waals surface area contributed by atoms with Gasteiger partial charge in [0.2, 0.25) is 11.8 Å². The summed E-state index contributed by atoms with van der Waals surface area (Å²) in [6.07, 6.45) is 0.271. The van der Waals surface area contributed by atoms with Crippen molar-refractivity contribution in [1.82, 2.24) is 10.1 Å². The number of halogens is 2. The monoisotopic (exact) mass is 323 g/mol. The van der Waals surface area contributed by atoms with Crippen molar-refractivity contribution in [2.75, 3.05) is 11.4 Å². The minimum atomic E-state index is -0.435. The molecular formula is C15H15ClFN3O2. The Morgan fingerprint density at radius 2 is 2.23 bits per heavy atom. The van der Waals surface area contributed by atoms with Gasteiger partial charge < -0.3 is 9.42 Å². The van der Waals surface area contributed by atoms with Crippen LogP contribution in [0.4, 0.5) is 10.1 Å². The molecule has 1 atom stereocenters. The highest BCUT2D eigenvalue weighted by Crippen LogP contribution is 2.35. The van der Waals surface area contributed by atoms with E-state index in [4.69, 9.17) is 16.1 Å². The van der Waals surface area contributed by atoms with E-state index < -0.39 is 5.82 Å². The van der Waals surface area contributed by atoms with Gasteiger partial charge in [-0.05, 0) is 18.2 Å². The molecule has 0 bridgehead atoms. The lowest BCUT2D eigenvalue weighted by atomic mass is 10.1. The summed E-state index contributed by atoms with van der Waals surface area (Å²) < 4.78 is 18.4. The van der Waals surface area contributed by atoms with Crippen LogP contribution in [0.25, 0.3) is 0 Å². The molecule has 2 heterocycles. The van der Waals surface area contributed by atoms with Gasteiger partial charge in [-0.2, -0.15) is 4.98 Å². The Bertz CT molecular complexity index is 717. The highest BCUT2D eigenvalue weighted by atomic mass is 35.5. The number of aromatic nitrogens is 2. The van der Waals surface area contributed by atoms with E-state index in [2.05, 4.69) is 10.1 Å². The third kappa shape index (κ3) is 2.70. The molecule has 1 aromatic carbocycles. The summed E-state index contributed by atoms with van der Waals surface area (Å²) in [7, 11) is 0. The van der Waals surface area contributed by atoms with Crippen molar-refractivity contribution < 1.29 is 13.7 Å². The van der Waals surface area contributed by atoms with Crippen LogP contribution in [0.2, 0.25) is 5.02 Å². The van der Waals surface area contributed by atoms with Crippen LogP contribution in [0, 0.1) is 5.82 Å². The number of anilines is 1. The molecule has 2 aromatic rings. The molecule has 0 radical (unpaired) electrons. The van der Waals surface area contributed by atoms with E-state index in [9.17, 15) is 9.18 Å². The molecule has 1 amide bonds. The Morgan fingerprint density at radius 3 is 2.86 bits per heavy atom. The van der Waals surface area contributed by atoms with Gasteiger partial charge in [0.15, 0.2) is 5.82 Å². The Hall–Kier alpha value is -1.95. The zero-order valence-corrected chi connectivity index (χ0v) is 13.0. The maximum absolute atomic E-state index is 13.1. The largest absolute Gasteiger partial charge is 0.339 e. The number of hydrogen-bond acceptors (Lipinski definition) is 4. The average molecular weight is 324 g/mol. The number of hydrogen-bond donors (Lipinski definition) is 0. The fourth-order valence-corrected chi connectivity index (χ4v) is 2.72. The molecule has 5 nitrogen and oxygen atoms in total. The van der Waals surface area contributed by atoms with Crippen molar-refractivity contribution in [1.29, 1.82) is 0 Å². The van der Waals surface area contributed by atoms with E-state index in [0.29, 0.717) is 23.9 Å². The van der Waals surface area contributed by atoms with Crippen LogP contribution in [-0.2, 0) is 4.79 Å². The zero-order chi connectivity index (χ0) is 15.9. The molecule has 3 rings (SSSR count). The van der Waals surface area contributed by atoms with E-state index in [1.807, 2.05) is 13.8 Å². The predicted octanol–water partition coefficient (Wildman–Crippen LogP) is 3.51. The van der Waals surface area contributed by atoms with Gasteiger partial charge in [0.05, 0.1) is 16.6 Å². The molecule has 0 saturated carbocycles. The molecule has 1 aliphatic rings. The van der Waals surface area contributed by atoms with Gasteiger partial charge in [-0.25, -0.2) is 4.39 Å². The first-order chi connectivity index (χ1) is 10.5. The van der Waals surface area contributed by atoms with Gasteiger partial charge in [-0.1, -0.05) is 30.6 Å². The number of amides is 1. The zero-order valence-electron chi connectivity index (χ0n) is 12.2. The van der Waals surface area contributed by atoms with Gasteiger partial charge in [-0.3, -0.25) is 4.79 Å². The summed E-state index contributed by atoms with van der Waals surface area (Å²) in [5.74, 6) is 0.544. The predicted molar refractivity (Wildman–Crippen MR) is 79.5 cm³/mol. The molecule has 1 aliphatic heterocycles. The van der Waals surface area contributed by atoms with E-state index in [1.54, 1.807) is 0 Å². The molecule has 0 N–H and O–H groups in total. The fraction of sp³-hybridized carbons (Fsp3) is 0.400. The summed E-state index contributed by atoms with van der Waals surface area (Å²) in [6, 6.07) is 3.98. The van der Waals surface area contributed by atoms with E-state index in [0.717, 1.165) is 0 Å². The van der Waals surface area contributed by atoms with Crippen molar-refractivity contribution in [3.63, 3.8) is 0 Å². The lowest BCUT2D eigenvalue weighted by molar-refractivity contribution is -0.117. The van der Waals surface area contributed by atoms with Gasteiger partial charge >= 0.3 is 0 Å². The van der Waals surface area contributed by atoms with Crippen LogP contribution >= 0.6 is 11.6 Å². The quantitative estimate of drug-likeness (QED) is 0.867. The van der Waals surface area contributed by atoms with E-state index in [1.165, 1.54) is 23.1 Å². The summed E-state index contributed by atoms with van der Waals surface area (Å²) in [5, 5.41) is 4.13. The summed E-state index contributed by atoms with van der Waals surface area (Å²) in [4.78, 5) is 18.1. The average Bonchev–Trinajstić information content (AvgIpc) is 3.06. The molecule has 7 heteroatoms. The SMILES string of the molecule is CC(C)c1noc(C2CC(=O)N(c3ccc(F)cc3Cl)C2)n1.